The number of carbonyl (C=O) groups excluding carboxylic acids is 2. The largest absolute Gasteiger partial charge is 0.480 e. The zero-order chi connectivity index (χ0) is 16.9. The molecule has 1 heterocycles. The lowest BCUT2D eigenvalue weighted by molar-refractivity contribution is -0.145. The molecule has 1 rings (SSSR count). The molecule has 6 nitrogen and oxygen atoms in total. The Morgan fingerprint density at radius 1 is 1.32 bits per heavy atom. The van der Waals surface area contributed by atoms with E-state index in [0.29, 0.717) is 11.4 Å². The number of hydrogen-bond acceptors (Lipinski definition) is 4. The summed E-state index contributed by atoms with van der Waals surface area (Å²) in [6, 6.07) is 2.62. The van der Waals surface area contributed by atoms with Crippen molar-refractivity contribution in [3.05, 3.63) is 20.8 Å². The van der Waals surface area contributed by atoms with Gasteiger partial charge in [-0.05, 0) is 40.9 Å². The zero-order valence-electron chi connectivity index (χ0n) is 12.6. The van der Waals surface area contributed by atoms with Gasteiger partial charge in [-0.3, -0.25) is 14.4 Å². The molecule has 0 aliphatic heterocycles. The Morgan fingerprint density at radius 3 is 2.41 bits per heavy atom. The molecule has 1 unspecified atom stereocenters. The van der Waals surface area contributed by atoms with Gasteiger partial charge in [0.05, 0.1) is 8.66 Å². The molecule has 0 aliphatic carbocycles. The van der Waals surface area contributed by atoms with Crippen LogP contribution in [0.3, 0.4) is 0 Å². The van der Waals surface area contributed by atoms with Crippen LogP contribution >= 0.6 is 27.3 Å². The van der Waals surface area contributed by atoms with Crippen LogP contribution in [0, 0.1) is 5.92 Å². The maximum absolute atomic E-state index is 12.3. The van der Waals surface area contributed by atoms with Crippen molar-refractivity contribution in [2.24, 2.45) is 5.92 Å². The predicted octanol–water partition coefficient (Wildman–Crippen LogP) is 2.20. The summed E-state index contributed by atoms with van der Waals surface area (Å²) in [4.78, 5) is 37.0. The van der Waals surface area contributed by atoms with E-state index in [1.165, 1.54) is 16.2 Å². The number of amides is 2. The lowest BCUT2D eigenvalue weighted by Crippen LogP contribution is -2.49. The van der Waals surface area contributed by atoms with Crippen molar-refractivity contribution in [3.63, 3.8) is 0 Å². The van der Waals surface area contributed by atoms with Gasteiger partial charge >= 0.3 is 5.97 Å². The van der Waals surface area contributed by atoms with Gasteiger partial charge in [-0.1, -0.05) is 13.8 Å². The van der Waals surface area contributed by atoms with E-state index in [4.69, 9.17) is 5.11 Å². The number of carbonyl (C=O) groups is 3. The van der Waals surface area contributed by atoms with Crippen molar-refractivity contribution in [1.29, 1.82) is 0 Å². The average Bonchev–Trinajstić information content (AvgIpc) is 2.82. The molecule has 2 amide bonds. The molecule has 22 heavy (non-hydrogen) atoms. The lowest BCUT2D eigenvalue weighted by Gasteiger charge is -2.26. The second kappa shape index (κ2) is 8.28. The second-order valence-electron chi connectivity index (χ2n) is 5.31. The molecule has 0 saturated carbocycles. The highest BCUT2D eigenvalue weighted by Crippen LogP contribution is 2.21. The molecule has 1 atom stereocenters. The summed E-state index contributed by atoms with van der Waals surface area (Å²) < 4.78 is 0.823. The second-order valence-corrected chi connectivity index (χ2v) is 7.77. The van der Waals surface area contributed by atoms with E-state index < -0.39 is 17.9 Å². The van der Waals surface area contributed by atoms with Gasteiger partial charge in [-0.2, -0.15) is 0 Å². The summed E-state index contributed by atoms with van der Waals surface area (Å²) in [6.07, 6.45) is 0. The van der Waals surface area contributed by atoms with Crippen molar-refractivity contribution >= 4 is 45.1 Å². The van der Waals surface area contributed by atoms with Crippen LogP contribution in [0.2, 0.25) is 0 Å². The molecule has 0 aromatic carbocycles. The van der Waals surface area contributed by atoms with Crippen molar-refractivity contribution in [1.82, 2.24) is 10.2 Å². The number of carboxylic acid groups (broad SMARTS) is 1. The van der Waals surface area contributed by atoms with Crippen molar-refractivity contribution in [3.8, 4) is 0 Å². The highest BCUT2D eigenvalue weighted by atomic mass is 79.9. The molecule has 0 spiro atoms. The third-order valence-electron chi connectivity index (χ3n) is 2.74. The van der Waals surface area contributed by atoms with Gasteiger partial charge in [0.25, 0.3) is 5.91 Å². The quantitative estimate of drug-likeness (QED) is 0.746. The van der Waals surface area contributed by atoms with Crippen LogP contribution in [0.15, 0.2) is 15.9 Å². The molecule has 0 bridgehead atoms. The normalized spacial score (nSPS) is 12.0. The Morgan fingerprint density at radius 2 is 1.95 bits per heavy atom. The first-order valence-corrected chi connectivity index (χ1v) is 8.38. The number of carboxylic acids is 1. The minimum atomic E-state index is -1.07. The van der Waals surface area contributed by atoms with E-state index in [1.807, 2.05) is 13.8 Å². The zero-order valence-corrected chi connectivity index (χ0v) is 15.0. The van der Waals surface area contributed by atoms with Gasteiger partial charge < -0.3 is 15.3 Å². The van der Waals surface area contributed by atoms with Gasteiger partial charge in [0, 0.05) is 6.54 Å². The molecule has 1 aromatic heterocycles. The van der Waals surface area contributed by atoms with Gasteiger partial charge in [0.1, 0.15) is 12.6 Å². The minimum absolute atomic E-state index is 0.138. The Balaban J connectivity index is 2.71. The van der Waals surface area contributed by atoms with Crippen LogP contribution in [-0.4, -0.2) is 46.9 Å². The molecule has 8 heteroatoms. The highest BCUT2D eigenvalue weighted by molar-refractivity contribution is 9.11. The fourth-order valence-electron chi connectivity index (χ4n) is 1.88. The van der Waals surface area contributed by atoms with Crippen LogP contribution in [0.1, 0.15) is 30.4 Å². The number of halogens is 1. The van der Waals surface area contributed by atoms with Gasteiger partial charge in [0.2, 0.25) is 5.91 Å². The maximum Gasteiger partial charge on any atom is 0.323 e. The predicted molar refractivity (Wildman–Crippen MR) is 88.0 cm³/mol. The molecular weight excluding hydrogens is 372 g/mol. The van der Waals surface area contributed by atoms with Crippen molar-refractivity contribution in [2.45, 2.75) is 26.8 Å². The first-order valence-electron chi connectivity index (χ1n) is 6.77. The first-order chi connectivity index (χ1) is 10.2. The van der Waals surface area contributed by atoms with Gasteiger partial charge in [-0.15, -0.1) is 11.3 Å². The maximum atomic E-state index is 12.3. The minimum Gasteiger partial charge on any atom is -0.480 e. The summed E-state index contributed by atoms with van der Waals surface area (Å²) in [7, 11) is 0. The fraction of sp³-hybridized carbons (Fsp3) is 0.500. The Bertz CT molecular complexity index is 559. The van der Waals surface area contributed by atoms with Crippen molar-refractivity contribution < 1.29 is 19.5 Å². The van der Waals surface area contributed by atoms with E-state index in [1.54, 1.807) is 19.1 Å². The number of aliphatic carboxylic acids is 1. The standard InChI is InChI=1S/C14H19BrN2O4S/c1-8(2)6-17(7-12(18)19)14(21)9(3)16-13(20)10-4-5-11(15)22-10/h4-5,8-9H,6-7H2,1-3H3,(H,16,20)(H,18,19). The molecule has 122 valence electrons. The first kappa shape index (κ1) is 18.6. The summed E-state index contributed by atoms with van der Waals surface area (Å²) in [6.45, 7) is 5.30. The smallest absolute Gasteiger partial charge is 0.323 e. The topological polar surface area (TPSA) is 86.7 Å². The summed E-state index contributed by atoms with van der Waals surface area (Å²) in [5.41, 5.74) is 0. The molecule has 0 radical (unpaired) electrons. The third-order valence-corrected chi connectivity index (χ3v) is 4.36. The molecular formula is C14H19BrN2O4S. The number of hydrogen-bond donors (Lipinski definition) is 2. The van der Waals surface area contributed by atoms with Crippen LogP contribution in [-0.2, 0) is 9.59 Å². The summed E-state index contributed by atoms with van der Waals surface area (Å²) in [5.74, 6) is -1.69. The monoisotopic (exact) mass is 390 g/mol. The van der Waals surface area contributed by atoms with Crippen molar-refractivity contribution in [2.75, 3.05) is 13.1 Å². The average molecular weight is 391 g/mol. The van der Waals surface area contributed by atoms with E-state index in [9.17, 15) is 14.4 Å². The summed E-state index contributed by atoms with van der Waals surface area (Å²) >= 11 is 4.54. The molecule has 0 aliphatic rings. The fourth-order valence-corrected chi connectivity index (χ4v) is 3.17. The number of rotatable bonds is 7. The Kier molecular flexibility index (Phi) is 7.02. The molecule has 0 saturated heterocycles. The van der Waals surface area contributed by atoms with Crippen LogP contribution in [0.5, 0.6) is 0 Å². The Labute approximate surface area is 141 Å². The van der Waals surface area contributed by atoms with E-state index in [2.05, 4.69) is 21.2 Å². The molecule has 0 fully saturated rings. The summed E-state index contributed by atoms with van der Waals surface area (Å²) in [5, 5.41) is 11.5. The highest BCUT2D eigenvalue weighted by Gasteiger charge is 2.25. The molecule has 2 N–H and O–H groups in total. The van der Waals surface area contributed by atoms with Crippen LogP contribution in [0.25, 0.3) is 0 Å². The number of thiophene rings is 1. The number of nitrogens with zero attached hydrogens (tertiary/aromatic N) is 1. The van der Waals surface area contributed by atoms with E-state index >= 15 is 0 Å². The number of nitrogens with one attached hydrogen (secondary N) is 1. The van der Waals surface area contributed by atoms with E-state index in [-0.39, 0.29) is 18.4 Å². The lowest BCUT2D eigenvalue weighted by atomic mass is 10.2. The SMILES string of the molecule is CC(C)CN(CC(=O)O)C(=O)C(C)NC(=O)c1ccc(Br)s1. The Hall–Kier alpha value is -1.41. The van der Waals surface area contributed by atoms with Gasteiger partial charge in [0.15, 0.2) is 0 Å². The van der Waals surface area contributed by atoms with Crippen LogP contribution in [0.4, 0.5) is 0 Å². The third kappa shape index (κ3) is 5.76. The van der Waals surface area contributed by atoms with Crippen LogP contribution < -0.4 is 5.32 Å². The van der Waals surface area contributed by atoms with Gasteiger partial charge in [-0.25, -0.2) is 0 Å². The molecule has 1 aromatic rings. The van der Waals surface area contributed by atoms with E-state index in [0.717, 1.165) is 3.79 Å².